The van der Waals surface area contributed by atoms with Crippen LogP contribution in [0.25, 0.3) is 0 Å². The Morgan fingerprint density at radius 2 is 1.55 bits per heavy atom. The molecular formula is C24H23ClN2O5S. The molecule has 0 aliphatic heterocycles. The highest BCUT2D eigenvalue weighted by molar-refractivity contribution is 7.89. The average molecular weight is 487 g/mol. The Bertz CT molecular complexity index is 1230. The summed E-state index contributed by atoms with van der Waals surface area (Å²) in [6.45, 7) is 1.44. The zero-order chi connectivity index (χ0) is 24.0. The molecule has 9 heteroatoms. The van der Waals surface area contributed by atoms with Gasteiger partial charge in [-0.05, 0) is 61.0 Å². The third-order valence-electron chi connectivity index (χ3n) is 4.84. The molecule has 0 saturated heterocycles. The fraction of sp³-hybridized carbons (Fsp3) is 0.167. The molecule has 0 fully saturated rings. The van der Waals surface area contributed by atoms with E-state index in [9.17, 15) is 18.0 Å². The number of hydrogen-bond donors (Lipinski definition) is 1. The Balaban J connectivity index is 1.82. The summed E-state index contributed by atoms with van der Waals surface area (Å²) in [7, 11) is -2.68. The smallest absolute Gasteiger partial charge is 0.337 e. The van der Waals surface area contributed by atoms with Crippen molar-refractivity contribution in [3.05, 3.63) is 94.5 Å². The summed E-state index contributed by atoms with van der Waals surface area (Å²) < 4.78 is 32.4. The summed E-state index contributed by atoms with van der Waals surface area (Å²) >= 11 is 5.94. The van der Waals surface area contributed by atoms with E-state index >= 15 is 0 Å². The molecule has 172 valence electrons. The number of benzene rings is 3. The molecule has 0 bridgehead atoms. The summed E-state index contributed by atoms with van der Waals surface area (Å²) in [6, 6.07) is 19.3. The van der Waals surface area contributed by atoms with E-state index in [1.807, 2.05) is 6.92 Å². The number of anilines is 1. The van der Waals surface area contributed by atoms with E-state index in [-0.39, 0.29) is 11.4 Å². The van der Waals surface area contributed by atoms with Gasteiger partial charge in [0, 0.05) is 17.3 Å². The Labute approximate surface area is 198 Å². The first-order chi connectivity index (χ1) is 15.7. The number of sulfonamides is 1. The summed E-state index contributed by atoms with van der Waals surface area (Å²) in [6.07, 6.45) is 0. The molecule has 3 aromatic rings. The SMILES string of the molecule is COC(=O)c1ccc(NC(=O)CN(Cc2ccc(Cl)cc2)S(=O)(=O)c2ccc(C)cc2)cc1. The second kappa shape index (κ2) is 10.6. The third-order valence-corrected chi connectivity index (χ3v) is 6.90. The average Bonchev–Trinajstić information content (AvgIpc) is 2.80. The van der Waals surface area contributed by atoms with Crippen LogP contribution in [-0.4, -0.2) is 38.3 Å². The molecule has 0 saturated carbocycles. The van der Waals surface area contributed by atoms with Crippen LogP contribution in [0.5, 0.6) is 0 Å². The molecule has 3 aromatic carbocycles. The Morgan fingerprint density at radius 1 is 0.939 bits per heavy atom. The van der Waals surface area contributed by atoms with Gasteiger partial charge in [-0.2, -0.15) is 4.31 Å². The van der Waals surface area contributed by atoms with Crippen LogP contribution in [0.4, 0.5) is 5.69 Å². The monoisotopic (exact) mass is 486 g/mol. The van der Waals surface area contributed by atoms with Crippen LogP contribution in [-0.2, 0) is 26.1 Å². The Morgan fingerprint density at radius 3 is 2.12 bits per heavy atom. The number of nitrogens with zero attached hydrogens (tertiary/aromatic N) is 1. The predicted octanol–water partition coefficient (Wildman–Crippen LogP) is 4.26. The lowest BCUT2D eigenvalue weighted by atomic mass is 10.2. The molecule has 0 radical (unpaired) electrons. The lowest BCUT2D eigenvalue weighted by Crippen LogP contribution is -2.37. The van der Waals surface area contributed by atoms with Gasteiger partial charge in [-0.15, -0.1) is 0 Å². The molecule has 0 unspecified atom stereocenters. The second-order valence-corrected chi connectivity index (χ2v) is 9.70. The van der Waals surface area contributed by atoms with E-state index in [0.29, 0.717) is 21.8 Å². The van der Waals surface area contributed by atoms with E-state index in [2.05, 4.69) is 10.1 Å². The zero-order valence-corrected chi connectivity index (χ0v) is 19.7. The van der Waals surface area contributed by atoms with Crippen LogP contribution >= 0.6 is 11.6 Å². The number of ether oxygens (including phenoxy) is 1. The molecule has 7 nitrogen and oxygen atoms in total. The number of aryl methyl sites for hydroxylation is 1. The molecule has 33 heavy (non-hydrogen) atoms. The number of esters is 1. The molecule has 0 aliphatic rings. The van der Waals surface area contributed by atoms with Crippen molar-refractivity contribution in [1.29, 1.82) is 0 Å². The normalized spacial score (nSPS) is 11.3. The van der Waals surface area contributed by atoms with Crippen molar-refractivity contribution in [2.45, 2.75) is 18.4 Å². The lowest BCUT2D eigenvalue weighted by molar-refractivity contribution is -0.116. The highest BCUT2D eigenvalue weighted by atomic mass is 35.5. The maximum Gasteiger partial charge on any atom is 0.337 e. The number of methoxy groups -OCH3 is 1. The molecule has 1 N–H and O–H groups in total. The Kier molecular flexibility index (Phi) is 7.86. The summed E-state index contributed by atoms with van der Waals surface area (Å²) in [5.41, 5.74) is 2.37. The fourth-order valence-corrected chi connectivity index (χ4v) is 4.56. The number of hydrogen-bond acceptors (Lipinski definition) is 5. The number of halogens is 1. The topological polar surface area (TPSA) is 92.8 Å². The number of carbonyl (C=O) groups excluding carboxylic acids is 2. The van der Waals surface area contributed by atoms with Gasteiger partial charge in [-0.3, -0.25) is 4.79 Å². The van der Waals surface area contributed by atoms with Crippen LogP contribution in [0.15, 0.2) is 77.7 Å². The fourth-order valence-electron chi connectivity index (χ4n) is 3.05. The van der Waals surface area contributed by atoms with Crippen molar-refractivity contribution >= 4 is 39.2 Å². The molecule has 3 rings (SSSR count). The van der Waals surface area contributed by atoms with Crippen molar-refractivity contribution in [2.75, 3.05) is 19.0 Å². The largest absolute Gasteiger partial charge is 0.465 e. The predicted molar refractivity (Wildman–Crippen MR) is 127 cm³/mol. The summed E-state index contributed by atoms with van der Waals surface area (Å²) in [4.78, 5) is 24.4. The number of carbonyl (C=O) groups is 2. The highest BCUT2D eigenvalue weighted by Gasteiger charge is 2.27. The minimum atomic E-state index is -3.96. The molecular weight excluding hydrogens is 464 g/mol. The maximum absolute atomic E-state index is 13.3. The quantitative estimate of drug-likeness (QED) is 0.480. The van der Waals surface area contributed by atoms with Crippen molar-refractivity contribution in [2.24, 2.45) is 0 Å². The van der Waals surface area contributed by atoms with Crippen LogP contribution in [0.3, 0.4) is 0 Å². The van der Waals surface area contributed by atoms with Gasteiger partial charge in [0.05, 0.1) is 24.1 Å². The van der Waals surface area contributed by atoms with Crippen molar-refractivity contribution in [3.63, 3.8) is 0 Å². The molecule has 0 aliphatic carbocycles. The summed E-state index contributed by atoms with van der Waals surface area (Å²) in [5.74, 6) is -1.02. The van der Waals surface area contributed by atoms with E-state index in [1.54, 1.807) is 48.5 Å². The van der Waals surface area contributed by atoms with E-state index in [4.69, 9.17) is 11.6 Å². The van der Waals surface area contributed by atoms with E-state index in [0.717, 1.165) is 9.87 Å². The highest BCUT2D eigenvalue weighted by Crippen LogP contribution is 2.20. The number of rotatable bonds is 8. The lowest BCUT2D eigenvalue weighted by Gasteiger charge is -2.22. The molecule has 0 spiro atoms. The van der Waals surface area contributed by atoms with Crippen molar-refractivity contribution in [1.82, 2.24) is 4.31 Å². The van der Waals surface area contributed by atoms with Crippen LogP contribution in [0.1, 0.15) is 21.5 Å². The number of nitrogens with one attached hydrogen (secondary N) is 1. The second-order valence-electron chi connectivity index (χ2n) is 7.33. The minimum absolute atomic E-state index is 0.0118. The van der Waals surface area contributed by atoms with Crippen molar-refractivity contribution in [3.8, 4) is 0 Å². The van der Waals surface area contributed by atoms with Gasteiger partial charge in [-0.1, -0.05) is 41.4 Å². The molecule has 0 aromatic heterocycles. The van der Waals surface area contributed by atoms with Crippen molar-refractivity contribution < 1.29 is 22.7 Å². The van der Waals surface area contributed by atoms with Gasteiger partial charge in [0.25, 0.3) is 0 Å². The van der Waals surface area contributed by atoms with E-state index in [1.165, 1.54) is 31.4 Å². The van der Waals surface area contributed by atoms with Crippen LogP contribution in [0.2, 0.25) is 5.02 Å². The standard InChI is InChI=1S/C24H23ClN2O5S/c1-17-3-13-22(14-4-17)33(30,31)27(15-18-5-9-20(25)10-6-18)16-23(28)26-21-11-7-19(8-12-21)24(29)32-2/h3-14H,15-16H2,1-2H3,(H,26,28). The molecule has 1 amide bonds. The van der Waals surface area contributed by atoms with Gasteiger partial charge in [0.2, 0.25) is 15.9 Å². The van der Waals surface area contributed by atoms with Gasteiger partial charge >= 0.3 is 5.97 Å². The van der Waals surface area contributed by atoms with Gasteiger partial charge in [-0.25, -0.2) is 13.2 Å². The Hall–Kier alpha value is -3.20. The maximum atomic E-state index is 13.3. The first kappa shape index (κ1) is 24.4. The van der Waals surface area contributed by atoms with Gasteiger partial charge < -0.3 is 10.1 Å². The summed E-state index contributed by atoms with van der Waals surface area (Å²) in [5, 5.41) is 3.19. The molecule has 0 atom stereocenters. The zero-order valence-electron chi connectivity index (χ0n) is 18.1. The van der Waals surface area contributed by atoms with Crippen LogP contribution in [0, 0.1) is 6.92 Å². The first-order valence-corrected chi connectivity index (χ1v) is 11.8. The van der Waals surface area contributed by atoms with Gasteiger partial charge in [0.1, 0.15) is 0 Å². The van der Waals surface area contributed by atoms with E-state index < -0.39 is 28.4 Å². The third kappa shape index (κ3) is 6.41. The van der Waals surface area contributed by atoms with Crippen LogP contribution < -0.4 is 5.32 Å². The minimum Gasteiger partial charge on any atom is -0.465 e. The van der Waals surface area contributed by atoms with Gasteiger partial charge in [0.15, 0.2) is 0 Å². The molecule has 0 heterocycles. The first-order valence-electron chi connectivity index (χ1n) is 9.98. The number of amides is 1.